The smallest absolute Gasteiger partial charge is 0.326 e. The highest BCUT2D eigenvalue weighted by Crippen LogP contribution is 2.19. The fraction of sp³-hybridized carbons (Fsp3) is 0.478. The van der Waals surface area contributed by atoms with Crippen LogP contribution in [0.1, 0.15) is 32.8 Å². The van der Waals surface area contributed by atoms with Crippen LogP contribution < -0.4 is 21.7 Å². The van der Waals surface area contributed by atoms with Crippen molar-refractivity contribution in [1.29, 1.82) is 0 Å². The molecule has 0 unspecified atom stereocenters. The molecule has 11 heteroatoms. The summed E-state index contributed by atoms with van der Waals surface area (Å²) in [7, 11) is 0. The molecule has 4 atom stereocenters. The van der Waals surface area contributed by atoms with E-state index in [1.807, 2.05) is 38.1 Å². The summed E-state index contributed by atoms with van der Waals surface area (Å²) in [6.07, 6.45) is 0.677. The maximum Gasteiger partial charge on any atom is 0.326 e. The van der Waals surface area contributed by atoms with Crippen molar-refractivity contribution >= 4 is 34.6 Å². The van der Waals surface area contributed by atoms with Gasteiger partial charge < -0.3 is 36.9 Å². The molecule has 0 saturated heterocycles. The average Bonchev–Trinajstić information content (AvgIpc) is 3.18. The highest BCUT2D eigenvalue weighted by atomic mass is 16.4. The first-order valence-corrected chi connectivity index (χ1v) is 11.1. The standard InChI is InChI=1S/C23H33N5O6/c1-12(2)8-18(23(33)34)27-22(32)20(13(3)29)28-21(31)17(26-19(30)10-24)9-14-11-25-16-7-5-4-6-15(14)16/h4-7,11-13,17-18,20,25,29H,8-10,24H2,1-3H3,(H,26,30)(H,27,32)(H,28,31)(H,33,34)/t13-,17+,18+,20+/m1/s1. The van der Waals surface area contributed by atoms with Crippen molar-refractivity contribution in [3.63, 3.8) is 0 Å². The molecule has 0 radical (unpaired) electrons. The minimum Gasteiger partial charge on any atom is -0.480 e. The number of amides is 3. The van der Waals surface area contributed by atoms with E-state index in [1.165, 1.54) is 6.92 Å². The lowest BCUT2D eigenvalue weighted by Crippen LogP contribution is -2.59. The van der Waals surface area contributed by atoms with Crippen molar-refractivity contribution < 1.29 is 29.4 Å². The number of carboxylic acid groups (broad SMARTS) is 1. The van der Waals surface area contributed by atoms with Crippen LogP contribution in [0.3, 0.4) is 0 Å². The summed E-state index contributed by atoms with van der Waals surface area (Å²) in [4.78, 5) is 52.4. The molecule has 0 bridgehead atoms. The van der Waals surface area contributed by atoms with Crippen LogP contribution in [0.25, 0.3) is 10.9 Å². The van der Waals surface area contributed by atoms with Crippen LogP contribution in [-0.2, 0) is 25.6 Å². The molecule has 8 N–H and O–H groups in total. The Hall–Kier alpha value is -3.44. The normalized spacial score (nSPS) is 14.8. The summed E-state index contributed by atoms with van der Waals surface area (Å²) in [5.41, 5.74) is 7.01. The molecule has 186 valence electrons. The largest absolute Gasteiger partial charge is 0.480 e. The van der Waals surface area contributed by atoms with Gasteiger partial charge in [0.1, 0.15) is 18.1 Å². The lowest BCUT2D eigenvalue weighted by Gasteiger charge is -2.26. The number of benzene rings is 1. The topological polar surface area (TPSA) is 187 Å². The van der Waals surface area contributed by atoms with E-state index in [0.29, 0.717) is 0 Å². The minimum atomic E-state index is -1.43. The van der Waals surface area contributed by atoms with Crippen LogP contribution in [0.2, 0.25) is 0 Å². The Labute approximate surface area is 197 Å². The van der Waals surface area contributed by atoms with E-state index in [9.17, 15) is 29.4 Å². The number of carboxylic acids is 1. The molecule has 1 aromatic carbocycles. The highest BCUT2D eigenvalue weighted by Gasteiger charge is 2.32. The van der Waals surface area contributed by atoms with Gasteiger partial charge in [0.05, 0.1) is 12.6 Å². The number of aliphatic hydroxyl groups excluding tert-OH is 1. The van der Waals surface area contributed by atoms with Gasteiger partial charge in [0.2, 0.25) is 17.7 Å². The van der Waals surface area contributed by atoms with Crippen molar-refractivity contribution in [2.45, 2.75) is 57.8 Å². The predicted molar refractivity (Wildman–Crippen MR) is 126 cm³/mol. The van der Waals surface area contributed by atoms with Crippen molar-refractivity contribution in [2.24, 2.45) is 11.7 Å². The molecule has 2 rings (SSSR count). The maximum absolute atomic E-state index is 13.1. The number of aliphatic carboxylic acids is 1. The first-order valence-electron chi connectivity index (χ1n) is 11.1. The van der Waals surface area contributed by atoms with Crippen LogP contribution in [-0.4, -0.2) is 69.7 Å². The van der Waals surface area contributed by atoms with Crippen molar-refractivity contribution in [3.8, 4) is 0 Å². The van der Waals surface area contributed by atoms with Gasteiger partial charge in [-0.25, -0.2) is 4.79 Å². The quantitative estimate of drug-likeness (QED) is 0.218. The number of aromatic amines is 1. The number of fused-ring (bicyclic) bond motifs is 1. The summed E-state index contributed by atoms with van der Waals surface area (Å²) < 4.78 is 0. The number of carbonyl (C=O) groups excluding carboxylic acids is 3. The predicted octanol–water partition coefficient (Wildman–Crippen LogP) is -0.365. The van der Waals surface area contributed by atoms with Gasteiger partial charge in [-0.3, -0.25) is 14.4 Å². The van der Waals surface area contributed by atoms with Crippen LogP contribution in [0.5, 0.6) is 0 Å². The molecule has 0 fully saturated rings. The Bertz CT molecular complexity index is 1020. The van der Waals surface area contributed by atoms with Gasteiger partial charge in [0.15, 0.2) is 0 Å². The SMILES string of the molecule is CC(C)C[C@H](NC(=O)[C@@H](NC(=O)[C@H](Cc1c[nH]c2ccccc12)NC(=O)CN)[C@@H](C)O)C(=O)O. The first kappa shape index (κ1) is 26.8. The lowest BCUT2D eigenvalue weighted by molar-refractivity contribution is -0.143. The summed E-state index contributed by atoms with van der Waals surface area (Å²) >= 11 is 0. The molecule has 11 nitrogen and oxygen atoms in total. The van der Waals surface area contributed by atoms with E-state index >= 15 is 0 Å². The molecular formula is C23H33N5O6. The zero-order chi connectivity index (χ0) is 25.4. The third kappa shape index (κ3) is 7.29. The number of H-pyrrole nitrogens is 1. The Morgan fingerprint density at radius 1 is 1.00 bits per heavy atom. The molecule has 2 aromatic rings. The Balaban J connectivity index is 2.21. The van der Waals surface area contributed by atoms with Crippen LogP contribution in [0.4, 0.5) is 0 Å². The molecule has 3 amide bonds. The molecule has 0 aliphatic rings. The first-order chi connectivity index (χ1) is 16.0. The lowest BCUT2D eigenvalue weighted by atomic mass is 10.0. The fourth-order valence-electron chi connectivity index (χ4n) is 3.60. The third-order valence-electron chi connectivity index (χ3n) is 5.32. The number of hydrogen-bond donors (Lipinski definition) is 7. The van der Waals surface area contributed by atoms with Gasteiger partial charge in [-0.05, 0) is 30.9 Å². The second kappa shape index (κ2) is 12.1. The molecule has 0 spiro atoms. The van der Waals surface area contributed by atoms with Gasteiger partial charge in [-0.15, -0.1) is 0 Å². The second-order valence-corrected chi connectivity index (χ2v) is 8.64. The third-order valence-corrected chi connectivity index (χ3v) is 5.32. The van der Waals surface area contributed by atoms with E-state index in [4.69, 9.17) is 5.73 Å². The molecule has 0 aliphatic carbocycles. The van der Waals surface area contributed by atoms with Crippen molar-refractivity contribution in [3.05, 3.63) is 36.0 Å². The van der Waals surface area contributed by atoms with Crippen LogP contribution in [0, 0.1) is 5.92 Å². The van der Waals surface area contributed by atoms with Crippen molar-refractivity contribution in [1.82, 2.24) is 20.9 Å². The summed E-state index contributed by atoms with van der Waals surface area (Å²) in [5.74, 6) is -3.35. The van der Waals surface area contributed by atoms with Gasteiger partial charge in [-0.1, -0.05) is 32.0 Å². The number of aliphatic hydroxyl groups is 1. The number of hydrogen-bond acceptors (Lipinski definition) is 6. The average molecular weight is 476 g/mol. The van der Waals surface area contributed by atoms with Crippen molar-refractivity contribution in [2.75, 3.05) is 6.54 Å². The molecular weight excluding hydrogens is 442 g/mol. The zero-order valence-corrected chi connectivity index (χ0v) is 19.5. The number of rotatable bonds is 12. The van der Waals surface area contributed by atoms with E-state index in [1.54, 1.807) is 6.20 Å². The molecule has 34 heavy (non-hydrogen) atoms. The van der Waals surface area contributed by atoms with Gasteiger partial charge in [-0.2, -0.15) is 0 Å². The maximum atomic E-state index is 13.1. The second-order valence-electron chi connectivity index (χ2n) is 8.64. The van der Waals surface area contributed by atoms with Gasteiger partial charge in [0.25, 0.3) is 0 Å². The monoisotopic (exact) mass is 475 g/mol. The highest BCUT2D eigenvalue weighted by molar-refractivity contribution is 5.94. The summed E-state index contributed by atoms with van der Waals surface area (Å²) in [5, 5.41) is 27.7. The van der Waals surface area contributed by atoms with E-state index in [0.717, 1.165) is 16.5 Å². The molecule has 1 heterocycles. The number of nitrogens with one attached hydrogen (secondary N) is 4. The van der Waals surface area contributed by atoms with Crippen LogP contribution >= 0.6 is 0 Å². The van der Waals surface area contributed by atoms with E-state index in [2.05, 4.69) is 20.9 Å². The Kier molecular flexibility index (Phi) is 9.58. The van der Waals surface area contributed by atoms with Gasteiger partial charge in [0, 0.05) is 23.5 Å². The molecule has 0 aliphatic heterocycles. The number of para-hydroxylation sites is 1. The Morgan fingerprint density at radius 2 is 1.68 bits per heavy atom. The van der Waals surface area contributed by atoms with E-state index < -0.39 is 47.9 Å². The molecule has 1 aromatic heterocycles. The molecule has 0 saturated carbocycles. The van der Waals surface area contributed by atoms with Gasteiger partial charge >= 0.3 is 5.97 Å². The van der Waals surface area contributed by atoms with E-state index in [-0.39, 0.29) is 25.3 Å². The summed E-state index contributed by atoms with van der Waals surface area (Å²) in [6.45, 7) is 4.58. The number of carbonyl (C=O) groups is 4. The Morgan fingerprint density at radius 3 is 2.26 bits per heavy atom. The number of nitrogens with two attached hydrogens (primary N) is 1. The fourth-order valence-corrected chi connectivity index (χ4v) is 3.60. The summed E-state index contributed by atoms with van der Waals surface area (Å²) in [6, 6.07) is 3.75. The minimum absolute atomic E-state index is 0.00646. The number of aromatic nitrogens is 1. The van der Waals surface area contributed by atoms with Crippen LogP contribution in [0.15, 0.2) is 30.5 Å². The zero-order valence-electron chi connectivity index (χ0n) is 19.5.